The summed E-state index contributed by atoms with van der Waals surface area (Å²) in [7, 11) is 1.71. The number of hydrogen-bond donors (Lipinski definition) is 1. The second kappa shape index (κ2) is 21.1. The number of carboxylic acid groups (broad SMARTS) is 1. The molecule has 0 radical (unpaired) electrons. The number of hydrogen-bond acceptors (Lipinski definition) is 7. The summed E-state index contributed by atoms with van der Waals surface area (Å²) >= 11 is 14.4. The van der Waals surface area contributed by atoms with Crippen LogP contribution in [-0.4, -0.2) is 90.6 Å². The molecule has 1 N–H and O–H groups in total. The van der Waals surface area contributed by atoms with Crippen molar-refractivity contribution in [2.24, 2.45) is 5.92 Å². The van der Waals surface area contributed by atoms with E-state index in [4.69, 9.17) is 42.1 Å². The third-order valence-corrected chi connectivity index (χ3v) is 10.4. The lowest BCUT2D eigenvalue weighted by molar-refractivity contribution is -0.137. The standard InChI is InChI=1S/C42H56Cl2N2O7S/c1-29-21-37(43)39(38(44)22-29)53-19-18-52-35-14-10-30(11-15-35)24-33(28-46(41(48)49)42(2,3)4)40(47)45(34-12-13-34)27-32-23-31(9-7-16-50-5)25-36(26-32)51-17-8-20-54-6/h10-11,14-15,21-23,25-26,33-34H,7-9,12-13,16-20,24,27-28H2,1-6H3,(H,48,49). The normalized spacial score (nSPS) is 13.3. The van der Waals surface area contributed by atoms with Gasteiger partial charge < -0.3 is 33.9 Å². The maximum absolute atomic E-state index is 14.7. The number of carbonyl (C=O) groups is 2. The molecule has 3 aromatic carbocycles. The van der Waals surface area contributed by atoms with Gasteiger partial charge in [-0.3, -0.25) is 4.79 Å². The molecule has 1 fully saturated rings. The molecule has 1 aliphatic carbocycles. The van der Waals surface area contributed by atoms with Crippen molar-refractivity contribution >= 4 is 47.0 Å². The van der Waals surface area contributed by atoms with Crippen molar-refractivity contribution in [1.29, 1.82) is 0 Å². The maximum Gasteiger partial charge on any atom is 0.407 e. The number of nitrogens with zero attached hydrogens (tertiary/aromatic N) is 2. The van der Waals surface area contributed by atoms with Crippen molar-refractivity contribution in [2.45, 2.75) is 84.3 Å². The molecule has 1 saturated carbocycles. The third kappa shape index (κ3) is 13.8. The van der Waals surface area contributed by atoms with Gasteiger partial charge in [0.25, 0.3) is 0 Å². The minimum atomic E-state index is -1.05. The molecule has 4 rings (SSSR count). The molecule has 9 nitrogen and oxygen atoms in total. The van der Waals surface area contributed by atoms with Crippen molar-refractivity contribution in [1.82, 2.24) is 9.80 Å². The van der Waals surface area contributed by atoms with E-state index < -0.39 is 17.6 Å². The maximum atomic E-state index is 14.7. The Morgan fingerprint density at radius 3 is 2.13 bits per heavy atom. The Hall–Kier alpha value is -3.31. The van der Waals surface area contributed by atoms with Crippen molar-refractivity contribution < 1.29 is 33.6 Å². The van der Waals surface area contributed by atoms with Gasteiger partial charge in [-0.1, -0.05) is 41.4 Å². The molecular weight excluding hydrogens is 747 g/mol. The molecule has 12 heteroatoms. The van der Waals surface area contributed by atoms with Gasteiger partial charge in [-0.2, -0.15) is 11.8 Å². The topological polar surface area (TPSA) is 97.8 Å². The zero-order valence-electron chi connectivity index (χ0n) is 32.5. The first kappa shape index (κ1) is 43.4. The van der Waals surface area contributed by atoms with Gasteiger partial charge in [0, 0.05) is 38.4 Å². The molecule has 0 spiro atoms. The van der Waals surface area contributed by atoms with Crippen LogP contribution in [0.2, 0.25) is 10.0 Å². The van der Waals surface area contributed by atoms with Crippen LogP contribution in [0.1, 0.15) is 68.7 Å². The monoisotopic (exact) mass is 802 g/mol. The van der Waals surface area contributed by atoms with E-state index in [1.54, 1.807) is 31.0 Å². The molecule has 1 aliphatic rings. The molecule has 0 aromatic heterocycles. The van der Waals surface area contributed by atoms with E-state index in [1.807, 2.05) is 62.9 Å². The number of halogens is 2. The highest BCUT2D eigenvalue weighted by atomic mass is 35.5. The van der Waals surface area contributed by atoms with Crippen molar-refractivity contribution in [3.05, 3.63) is 86.9 Å². The first-order valence-corrected chi connectivity index (χ1v) is 20.8. The fraction of sp³-hybridized carbons (Fsp3) is 0.524. The number of aryl methyl sites for hydroxylation is 2. The Labute approximate surface area is 335 Å². The van der Waals surface area contributed by atoms with Gasteiger partial charge in [-0.25, -0.2) is 4.79 Å². The number of benzene rings is 3. The van der Waals surface area contributed by atoms with Crippen LogP contribution in [0.3, 0.4) is 0 Å². The number of carbonyl (C=O) groups excluding carboxylic acids is 1. The van der Waals surface area contributed by atoms with Crippen LogP contribution in [0.5, 0.6) is 17.2 Å². The summed E-state index contributed by atoms with van der Waals surface area (Å²) in [6.45, 7) is 9.78. The smallest absolute Gasteiger partial charge is 0.407 e. The van der Waals surface area contributed by atoms with E-state index in [9.17, 15) is 14.7 Å². The summed E-state index contributed by atoms with van der Waals surface area (Å²) in [6, 6.07) is 17.6. The van der Waals surface area contributed by atoms with Crippen LogP contribution in [0.25, 0.3) is 0 Å². The fourth-order valence-electron chi connectivity index (χ4n) is 6.29. The molecule has 54 heavy (non-hydrogen) atoms. The van der Waals surface area contributed by atoms with Gasteiger partial charge >= 0.3 is 6.09 Å². The zero-order valence-corrected chi connectivity index (χ0v) is 34.8. The lowest BCUT2D eigenvalue weighted by atomic mass is 9.94. The number of methoxy groups -OCH3 is 1. The number of rotatable bonds is 22. The number of ether oxygens (including phenoxy) is 4. The van der Waals surface area contributed by atoms with Crippen molar-refractivity contribution in [3.63, 3.8) is 0 Å². The van der Waals surface area contributed by atoms with Gasteiger partial charge in [0.05, 0.1) is 22.6 Å². The number of amides is 2. The Kier molecular flexibility index (Phi) is 17.0. The van der Waals surface area contributed by atoms with E-state index in [1.165, 1.54) is 4.90 Å². The van der Waals surface area contributed by atoms with Crippen LogP contribution in [0, 0.1) is 12.8 Å². The van der Waals surface area contributed by atoms with E-state index in [-0.39, 0.29) is 31.7 Å². The predicted octanol–water partition coefficient (Wildman–Crippen LogP) is 9.60. The Morgan fingerprint density at radius 2 is 1.52 bits per heavy atom. The molecule has 0 aliphatic heterocycles. The SMILES string of the molecule is COCCCc1cc(CN(C(=O)C(Cc2ccc(OCCOc3c(Cl)cc(C)cc3Cl)cc2)CN(C(=O)O)C(C)(C)C)C2CC2)cc(OCCCSC)c1. The summed E-state index contributed by atoms with van der Waals surface area (Å²) in [6.07, 6.45) is 5.92. The van der Waals surface area contributed by atoms with E-state index >= 15 is 0 Å². The van der Waals surface area contributed by atoms with Crippen LogP contribution >= 0.6 is 35.0 Å². The first-order chi connectivity index (χ1) is 25.8. The number of thioether (sulfide) groups is 1. The lowest BCUT2D eigenvalue weighted by Gasteiger charge is -2.37. The molecule has 296 valence electrons. The fourth-order valence-corrected chi connectivity index (χ4v) is 7.40. The summed E-state index contributed by atoms with van der Waals surface area (Å²) in [5.41, 5.74) is 3.31. The molecule has 0 saturated heterocycles. The summed E-state index contributed by atoms with van der Waals surface area (Å²) in [5, 5.41) is 11.1. The first-order valence-electron chi connectivity index (χ1n) is 18.6. The quantitative estimate of drug-likeness (QED) is 0.100. The molecule has 2 amide bonds. The zero-order chi connectivity index (χ0) is 39.3. The summed E-state index contributed by atoms with van der Waals surface area (Å²) in [4.78, 5) is 30.5. The van der Waals surface area contributed by atoms with E-state index in [0.717, 1.165) is 65.9 Å². The molecular formula is C42H56Cl2N2O7S. The Bertz CT molecular complexity index is 1640. The van der Waals surface area contributed by atoms with Crippen LogP contribution in [0.4, 0.5) is 4.79 Å². The third-order valence-electron chi connectivity index (χ3n) is 9.16. The minimum absolute atomic E-state index is 0.0499. The predicted molar refractivity (Wildman–Crippen MR) is 219 cm³/mol. The van der Waals surface area contributed by atoms with Gasteiger partial charge in [-0.15, -0.1) is 0 Å². The van der Waals surface area contributed by atoms with Gasteiger partial charge in [0.15, 0.2) is 5.75 Å². The van der Waals surface area contributed by atoms with Crippen LogP contribution in [0.15, 0.2) is 54.6 Å². The highest BCUT2D eigenvalue weighted by Gasteiger charge is 2.39. The minimum Gasteiger partial charge on any atom is -0.494 e. The Balaban J connectivity index is 1.51. The molecule has 3 aromatic rings. The molecule has 0 bridgehead atoms. The van der Waals surface area contributed by atoms with E-state index in [2.05, 4.69) is 18.4 Å². The molecule has 1 unspecified atom stereocenters. The van der Waals surface area contributed by atoms with Crippen molar-refractivity contribution in [2.75, 3.05) is 52.1 Å². The largest absolute Gasteiger partial charge is 0.494 e. The average Bonchev–Trinajstić information content (AvgIpc) is 3.95. The molecule has 1 atom stereocenters. The highest BCUT2D eigenvalue weighted by molar-refractivity contribution is 7.98. The van der Waals surface area contributed by atoms with Gasteiger partial charge in [-0.05, 0) is 137 Å². The second-order valence-corrected chi connectivity index (χ2v) is 16.6. The second-order valence-electron chi connectivity index (χ2n) is 14.8. The van der Waals surface area contributed by atoms with E-state index in [0.29, 0.717) is 47.7 Å². The summed E-state index contributed by atoms with van der Waals surface area (Å²) in [5.74, 6) is 2.25. The highest BCUT2D eigenvalue weighted by Crippen LogP contribution is 2.35. The van der Waals surface area contributed by atoms with Crippen molar-refractivity contribution in [3.8, 4) is 17.2 Å². The van der Waals surface area contributed by atoms with Gasteiger partial charge in [0.2, 0.25) is 5.91 Å². The Morgan fingerprint density at radius 1 is 0.870 bits per heavy atom. The van der Waals surface area contributed by atoms with Gasteiger partial charge in [0.1, 0.15) is 24.7 Å². The molecule has 0 heterocycles. The van der Waals surface area contributed by atoms with Crippen LogP contribution in [-0.2, 0) is 28.9 Å². The average molecular weight is 804 g/mol. The van der Waals surface area contributed by atoms with Crippen LogP contribution < -0.4 is 14.2 Å². The lowest BCUT2D eigenvalue weighted by Crippen LogP contribution is -2.51. The summed E-state index contributed by atoms with van der Waals surface area (Å²) < 4.78 is 23.2.